The molecule has 2 heterocycles. The summed E-state index contributed by atoms with van der Waals surface area (Å²) < 4.78 is 8.70. The fourth-order valence-corrected chi connectivity index (χ4v) is 7.55. The molecule has 2 heteroatoms. The van der Waals surface area contributed by atoms with Gasteiger partial charge in [-0.15, -0.1) is 0 Å². The van der Waals surface area contributed by atoms with E-state index in [-0.39, 0.29) is 0 Å². The Morgan fingerprint density at radius 1 is 0.333 bits per heavy atom. The van der Waals surface area contributed by atoms with Crippen molar-refractivity contribution in [2.24, 2.45) is 0 Å². The van der Waals surface area contributed by atoms with Gasteiger partial charge in [0.15, 0.2) is 0 Å². The minimum atomic E-state index is 0.919. The highest BCUT2D eigenvalue weighted by atomic mass is 16.3. The zero-order valence-corrected chi connectivity index (χ0v) is 26.1. The first-order valence-corrected chi connectivity index (χ1v) is 16.4. The lowest BCUT2D eigenvalue weighted by molar-refractivity contribution is 0.669. The van der Waals surface area contributed by atoms with Crippen LogP contribution in [-0.4, -0.2) is 4.57 Å². The molecule has 0 atom stereocenters. The predicted molar refractivity (Wildman–Crippen MR) is 202 cm³/mol. The summed E-state index contributed by atoms with van der Waals surface area (Å²) in [5.74, 6) is 0. The van der Waals surface area contributed by atoms with Crippen LogP contribution in [0.2, 0.25) is 0 Å². The van der Waals surface area contributed by atoms with Gasteiger partial charge < -0.3 is 8.98 Å². The summed E-state index contributed by atoms with van der Waals surface area (Å²) in [5, 5.41) is 7.24. The number of benzene rings is 8. The summed E-state index contributed by atoms with van der Waals surface area (Å²) in [7, 11) is 0. The van der Waals surface area contributed by atoms with E-state index in [9.17, 15) is 0 Å². The van der Waals surface area contributed by atoms with Crippen LogP contribution in [0, 0.1) is 0 Å². The maximum atomic E-state index is 6.27. The van der Waals surface area contributed by atoms with Crippen molar-refractivity contribution in [3.05, 3.63) is 176 Å². The van der Waals surface area contributed by atoms with E-state index >= 15 is 0 Å². The van der Waals surface area contributed by atoms with E-state index in [2.05, 4.69) is 174 Å². The zero-order valence-electron chi connectivity index (χ0n) is 26.1. The Bertz CT molecular complexity index is 2750. The third kappa shape index (κ3) is 4.13. The van der Waals surface area contributed by atoms with E-state index in [1.165, 1.54) is 71.3 Å². The normalized spacial score (nSPS) is 11.8. The smallest absolute Gasteiger partial charge is 0.136 e. The van der Waals surface area contributed by atoms with Crippen molar-refractivity contribution < 1.29 is 4.42 Å². The first-order chi connectivity index (χ1) is 23.8. The Labute approximate surface area is 277 Å². The van der Waals surface area contributed by atoms with E-state index in [4.69, 9.17) is 4.42 Å². The molecule has 0 bridgehead atoms. The number of rotatable bonds is 4. The average molecular weight is 612 g/mol. The molecule has 0 aliphatic rings. The summed E-state index contributed by atoms with van der Waals surface area (Å²) in [6.07, 6.45) is 0. The molecule has 48 heavy (non-hydrogen) atoms. The first-order valence-electron chi connectivity index (χ1n) is 16.4. The molecule has 224 valence electrons. The molecule has 0 saturated carbocycles. The van der Waals surface area contributed by atoms with Crippen molar-refractivity contribution in [3.63, 3.8) is 0 Å². The molecule has 0 N–H and O–H groups in total. The van der Waals surface area contributed by atoms with Crippen LogP contribution >= 0.6 is 0 Å². The molecule has 2 aromatic heterocycles. The minimum Gasteiger partial charge on any atom is -0.456 e. The van der Waals surface area contributed by atoms with Crippen molar-refractivity contribution in [1.82, 2.24) is 4.57 Å². The fraction of sp³-hybridized carbons (Fsp3) is 0. The number of hydrogen-bond donors (Lipinski definition) is 0. The Hall–Kier alpha value is -6.38. The van der Waals surface area contributed by atoms with Gasteiger partial charge in [-0.1, -0.05) is 121 Å². The van der Waals surface area contributed by atoms with Gasteiger partial charge >= 0.3 is 0 Å². The van der Waals surface area contributed by atoms with Crippen LogP contribution in [-0.2, 0) is 0 Å². The van der Waals surface area contributed by atoms with E-state index in [1.807, 2.05) is 6.07 Å². The van der Waals surface area contributed by atoms with Gasteiger partial charge in [-0.25, -0.2) is 0 Å². The lowest BCUT2D eigenvalue weighted by Crippen LogP contribution is -1.95. The summed E-state index contributed by atoms with van der Waals surface area (Å²) in [5.41, 5.74) is 12.6. The third-order valence-corrected chi connectivity index (χ3v) is 9.78. The lowest BCUT2D eigenvalue weighted by atomic mass is 9.93. The van der Waals surface area contributed by atoms with Crippen molar-refractivity contribution in [2.75, 3.05) is 0 Å². The molecule has 0 aliphatic carbocycles. The van der Waals surface area contributed by atoms with E-state index in [0.29, 0.717) is 0 Å². The second kappa shape index (κ2) is 10.6. The van der Waals surface area contributed by atoms with Crippen molar-refractivity contribution in [3.8, 4) is 39.1 Å². The van der Waals surface area contributed by atoms with Gasteiger partial charge in [0.2, 0.25) is 0 Å². The van der Waals surface area contributed by atoms with Crippen molar-refractivity contribution in [1.29, 1.82) is 0 Å². The van der Waals surface area contributed by atoms with E-state index in [0.717, 1.165) is 22.2 Å². The molecular weight excluding hydrogens is 583 g/mol. The molecule has 10 rings (SSSR count). The quantitative estimate of drug-likeness (QED) is 0.194. The van der Waals surface area contributed by atoms with Crippen LogP contribution in [0.1, 0.15) is 0 Å². The summed E-state index contributed by atoms with van der Waals surface area (Å²) in [4.78, 5) is 0. The molecule has 8 aromatic carbocycles. The number of furan rings is 1. The summed E-state index contributed by atoms with van der Waals surface area (Å²) in [6.45, 7) is 0. The molecular formula is C46H29NO. The van der Waals surface area contributed by atoms with Gasteiger partial charge in [-0.05, 0) is 93.4 Å². The lowest BCUT2D eigenvalue weighted by Gasteiger charge is -2.13. The molecule has 0 spiro atoms. The van der Waals surface area contributed by atoms with Crippen molar-refractivity contribution in [2.45, 2.75) is 0 Å². The first kappa shape index (κ1) is 26.8. The minimum absolute atomic E-state index is 0.919. The average Bonchev–Trinajstić information content (AvgIpc) is 3.72. The van der Waals surface area contributed by atoms with Gasteiger partial charge in [0.1, 0.15) is 11.2 Å². The number of nitrogens with zero attached hydrogens (tertiary/aromatic N) is 1. The van der Waals surface area contributed by atoms with Crippen LogP contribution in [0.15, 0.2) is 180 Å². The molecule has 0 saturated heterocycles. The highest BCUT2D eigenvalue weighted by Gasteiger charge is 2.18. The Balaban J connectivity index is 1.18. The third-order valence-electron chi connectivity index (χ3n) is 9.78. The van der Waals surface area contributed by atoms with Crippen LogP contribution in [0.5, 0.6) is 0 Å². The van der Waals surface area contributed by atoms with E-state index in [1.54, 1.807) is 0 Å². The van der Waals surface area contributed by atoms with E-state index < -0.39 is 0 Å². The standard InChI is InChI=1S/C46H29NO/c1-3-11-30(12-4-1)33-27-34(31-13-5-2-6-14-31)29-35(28-33)32-19-21-36(22-20-32)47-42-17-9-7-15-37(42)39-24-23-38-40(46(39)47)25-26-44-45(38)41-16-8-10-18-43(41)48-44/h1-29H. The van der Waals surface area contributed by atoms with Gasteiger partial charge in [0, 0.05) is 32.6 Å². The van der Waals surface area contributed by atoms with Crippen LogP contribution < -0.4 is 0 Å². The summed E-state index contributed by atoms with van der Waals surface area (Å²) >= 11 is 0. The molecule has 0 fully saturated rings. The number of hydrogen-bond acceptors (Lipinski definition) is 1. The van der Waals surface area contributed by atoms with Gasteiger partial charge in [0.05, 0.1) is 11.0 Å². The Kier molecular flexibility index (Phi) is 5.91. The number of aromatic nitrogens is 1. The monoisotopic (exact) mass is 611 g/mol. The molecule has 0 unspecified atom stereocenters. The second-order valence-corrected chi connectivity index (χ2v) is 12.5. The Morgan fingerprint density at radius 3 is 1.54 bits per heavy atom. The largest absolute Gasteiger partial charge is 0.456 e. The molecule has 2 nitrogen and oxygen atoms in total. The predicted octanol–water partition coefficient (Wildman–Crippen LogP) is 12.8. The molecule has 0 radical (unpaired) electrons. The fourth-order valence-electron chi connectivity index (χ4n) is 7.55. The maximum absolute atomic E-state index is 6.27. The molecule has 0 aliphatic heterocycles. The molecule has 0 amide bonds. The molecule has 10 aromatic rings. The van der Waals surface area contributed by atoms with Crippen LogP contribution in [0.25, 0.3) is 93.6 Å². The van der Waals surface area contributed by atoms with Crippen LogP contribution in [0.3, 0.4) is 0 Å². The van der Waals surface area contributed by atoms with Crippen molar-refractivity contribution >= 4 is 54.5 Å². The highest BCUT2D eigenvalue weighted by molar-refractivity contribution is 6.26. The number of fused-ring (bicyclic) bond motifs is 9. The maximum Gasteiger partial charge on any atom is 0.136 e. The number of para-hydroxylation sites is 2. The SMILES string of the molecule is c1ccc(-c2cc(-c3ccccc3)cc(-c3ccc(-n4c5ccccc5c5ccc6c(ccc7oc8ccccc8c76)c54)cc3)c2)cc1. The van der Waals surface area contributed by atoms with Gasteiger partial charge in [-0.3, -0.25) is 0 Å². The second-order valence-electron chi connectivity index (χ2n) is 12.5. The zero-order chi connectivity index (χ0) is 31.6. The van der Waals surface area contributed by atoms with Crippen LogP contribution in [0.4, 0.5) is 0 Å². The Morgan fingerprint density at radius 2 is 0.854 bits per heavy atom. The van der Waals surface area contributed by atoms with Gasteiger partial charge in [0.25, 0.3) is 0 Å². The topological polar surface area (TPSA) is 18.1 Å². The highest BCUT2D eigenvalue weighted by Crippen LogP contribution is 2.42. The summed E-state index contributed by atoms with van der Waals surface area (Å²) in [6, 6.07) is 63.3. The van der Waals surface area contributed by atoms with Gasteiger partial charge in [-0.2, -0.15) is 0 Å².